The van der Waals surface area contributed by atoms with Crippen molar-refractivity contribution in [2.24, 2.45) is 0 Å². The Balaban J connectivity index is 0.921. The molecule has 0 amide bonds. The van der Waals surface area contributed by atoms with Crippen LogP contribution in [0.1, 0.15) is 22.3 Å². The Morgan fingerprint density at radius 1 is 0.280 bits per heavy atom. The van der Waals surface area contributed by atoms with E-state index in [-0.39, 0.29) is 0 Å². The molecule has 0 fully saturated rings. The van der Waals surface area contributed by atoms with Crippen molar-refractivity contribution in [1.29, 1.82) is 0 Å². The van der Waals surface area contributed by atoms with E-state index < -0.39 is 5.41 Å². The monoisotopic (exact) mass is 952 g/mol. The lowest BCUT2D eigenvalue weighted by Crippen LogP contribution is -2.28. The van der Waals surface area contributed by atoms with Crippen molar-refractivity contribution < 1.29 is 0 Å². The molecular weight excluding hydrogens is 905 g/mol. The lowest BCUT2D eigenvalue weighted by molar-refractivity contribution is 0.793. The van der Waals surface area contributed by atoms with Gasteiger partial charge in [-0.1, -0.05) is 231 Å². The summed E-state index contributed by atoms with van der Waals surface area (Å²) in [4.78, 5) is 2.51. The van der Waals surface area contributed by atoms with Crippen LogP contribution in [0, 0.1) is 0 Å². The highest BCUT2D eigenvalue weighted by molar-refractivity contribution is 6.16. The van der Waals surface area contributed by atoms with Gasteiger partial charge in [-0.2, -0.15) is 0 Å². The number of fused-ring (bicyclic) bond motifs is 13. The van der Waals surface area contributed by atoms with Gasteiger partial charge in [-0.25, -0.2) is 0 Å². The molecule has 350 valence electrons. The number of hydrogen-bond acceptors (Lipinski definition) is 1. The van der Waals surface area contributed by atoms with Crippen molar-refractivity contribution in [1.82, 2.24) is 4.57 Å². The third-order valence-electron chi connectivity index (χ3n) is 16.0. The van der Waals surface area contributed by atoms with E-state index in [0.29, 0.717) is 0 Å². The molecule has 2 aliphatic rings. The van der Waals surface area contributed by atoms with Gasteiger partial charge in [0.25, 0.3) is 0 Å². The summed E-state index contributed by atoms with van der Waals surface area (Å²) in [7, 11) is 0. The van der Waals surface area contributed by atoms with Gasteiger partial charge in [0.15, 0.2) is 0 Å². The van der Waals surface area contributed by atoms with Crippen LogP contribution >= 0.6 is 0 Å². The summed E-state index contributed by atoms with van der Waals surface area (Å²) >= 11 is 0. The molecule has 2 nitrogen and oxygen atoms in total. The molecule has 0 radical (unpaired) electrons. The Hall–Kier alpha value is -9.76. The van der Waals surface area contributed by atoms with Crippen molar-refractivity contribution in [3.63, 3.8) is 0 Å². The minimum atomic E-state index is -0.524. The predicted molar refractivity (Wildman–Crippen MR) is 314 cm³/mol. The first-order valence-electron chi connectivity index (χ1n) is 26.0. The van der Waals surface area contributed by atoms with Crippen molar-refractivity contribution >= 4 is 38.9 Å². The van der Waals surface area contributed by atoms with Crippen LogP contribution in [-0.4, -0.2) is 4.57 Å². The Labute approximate surface area is 437 Å². The fourth-order valence-electron chi connectivity index (χ4n) is 12.8. The SMILES string of the molecule is c1ccc(-c2ccc(N(c3ccc(-c4cccc5c4c4ccccc4n5-c4cc(-c5ccccc5)cc(-c5ccccc5)c4)cc3)c3cccc4c3C3(c5ccccc5-c5ccccc53)c3ccccc3-4)cc2)cc1. The highest BCUT2D eigenvalue weighted by Gasteiger charge is 2.53. The van der Waals surface area contributed by atoms with Crippen LogP contribution in [0.5, 0.6) is 0 Å². The molecule has 0 bridgehead atoms. The topological polar surface area (TPSA) is 8.17 Å². The number of benzene rings is 12. The molecule has 75 heavy (non-hydrogen) atoms. The maximum absolute atomic E-state index is 2.51. The summed E-state index contributed by atoms with van der Waals surface area (Å²) in [5.41, 5.74) is 26.2. The minimum Gasteiger partial charge on any atom is -0.310 e. The molecule has 12 aromatic carbocycles. The Morgan fingerprint density at radius 3 is 1.27 bits per heavy atom. The first kappa shape index (κ1) is 42.9. The first-order chi connectivity index (χ1) is 37.2. The summed E-state index contributed by atoms with van der Waals surface area (Å²) in [6, 6.07) is 108. The molecule has 2 heteroatoms. The normalized spacial score (nSPS) is 12.6. The van der Waals surface area contributed by atoms with E-state index in [9.17, 15) is 0 Å². The van der Waals surface area contributed by atoms with Crippen LogP contribution in [0.25, 0.3) is 94.3 Å². The van der Waals surface area contributed by atoms with Crippen molar-refractivity contribution in [2.45, 2.75) is 5.41 Å². The molecule has 1 heterocycles. The number of hydrogen-bond donors (Lipinski definition) is 0. The zero-order chi connectivity index (χ0) is 49.5. The fourth-order valence-corrected chi connectivity index (χ4v) is 12.8. The Kier molecular flexibility index (Phi) is 9.83. The maximum Gasteiger partial charge on any atom is 0.0746 e. The largest absolute Gasteiger partial charge is 0.310 e. The number of nitrogens with zero attached hydrogens (tertiary/aromatic N) is 2. The number of para-hydroxylation sites is 1. The second kappa shape index (κ2) is 17.2. The average Bonchev–Trinajstić information content (AvgIpc) is 4.31. The smallest absolute Gasteiger partial charge is 0.0746 e. The van der Waals surface area contributed by atoms with Crippen LogP contribution in [0.15, 0.2) is 291 Å². The van der Waals surface area contributed by atoms with Gasteiger partial charge >= 0.3 is 0 Å². The first-order valence-corrected chi connectivity index (χ1v) is 26.0. The Morgan fingerprint density at radius 2 is 0.693 bits per heavy atom. The summed E-state index contributed by atoms with van der Waals surface area (Å²) < 4.78 is 2.46. The molecular formula is C73H48N2. The molecule has 0 saturated heterocycles. The number of rotatable bonds is 8. The van der Waals surface area contributed by atoms with Gasteiger partial charge in [0.05, 0.1) is 22.1 Å². The summed E-state index contributed by atoms with van der Waals surface area (Å²) in [6.07, 6.45) is 0. The van der Waals surface area contributed by atoms with Gasteiger partial charge < -0.3 is 9.47 Å². The third-order valence-corrected chi connectivity index (χ3v) is 16.0. The van der Waals surface area contributed by atoms with Crippen LogP contribution in [0.4, 0.5) is 17.1 Å². The van der Waals surface area contributed by atoms with Gasteiger partial charge in [-0.15, -0.1) is 0 Å². The zero-order valence-electron chi connectivity index (χ0n) is 41.1. The van der Waals surface area contributed by atoms with Gasteiger partial charge in [-0.05, 0) is 144 Å². The molecule has 0 aliphatic heterocycles. The highest BCUT2D eigenvalue weighted by Crippen LogP contribution is 2.65. The van der Waals surface area contributed by atoms with Gasteiger partial charge in [-0.3, -0.25) is 0 Å². The molecule has 0 saturated carbocycles. The van der Waals surface area contributed by atoms with E-state index in [2.05, 4.69) is 301 Å². The lowest BCUT2D eigenvalue weighted by atomic mass is 9.70. The summed E-state index contributed by atoms with van der Waals surface area (Å²) in [6.45, 7) is 0. The van der Waals surface area contributed by atoms with Crippen LogP contribution in [-0.2, 0) is 5.41 Å². The van der Waals surface area contributed by atoms with Crippen molar-refractivity contribution in [2.75, 3.05) is 4.90 Å². The van der Waals surface area contributed by atoms with E-state index >= 15 is 0 Å². The molecule has 0 N–H and O–H groups in total. The second-order valence-electron chi connectivity index (χ2n) is 19.9. The predicted octanol–water partition coefficient (Wildman–Crippen LogP) is 19.3. The van der Waals surface area contributed by atoms with Crippen LogP contribution < -0.4 is 4.90 Å². The number of aromatic nitrogens is 1. The van der Waals surface area contributed by atoms with Crippen LogP contribution in [0.2, 0.25) is 0 Å². The summed E-state index contributed by atoms with van der Waals surface area (Å²) in [5, 5.41) is 2.46. The van der Waals surface area contributed by atoms with E-state index in [1.165, 1.54) is 105 Å². The zero-order valence-corrected chi connectivity index (χ0v) is 41.1. The average molecular weight is 953 g/mol. The standard InChI is InChI=1S/C73H48N2/c1-4-20-49(21-5-1)52-38-42-56(43-39-52)74(70-37-19-31-63-62-28-12-16-34-67(62)73(72(63)70)65-32-14-10-26-60(65)61-27-11-15-33-66(61)73)57-44-40-53(41-45-57)59-30-18-36-69-71(59)64-29-13-17-35-68(64)75(69)58-47-54(50-22-6-2-7-23-50)46-55(48-58)51-24-8-3-9-25-51/h1-48H. The third kappa shape index (κ3) is 6.60. The molecule has 1 spiro atoms. The lowest BCUT2D eigenvalue weighted by Gasteiger charge is -2.36. The molecule has 15 rings (SSSR count). The number of anilines is 3. The molecule has 1 aromatic heterocycles. The molecule has 0 atom stereocenters. The minimum absolute atomic E-state index is 0.524. The van der Waals surface area contributed by atoms with E-state index in [1.54, 1.807) is 0 Å². The Bertz CT molecular complexity index is 4200. The molecule has 2 aliphatic carbocycles. The van der Waals surface area contributed by atoms with E-state index in [0.717, 1.165) is 28.3 Å². The van der Waals surface area contributed by atoms with Gasteiger partial charge in [0, 0.05) is 33.4 Å². The van der Waals surface area contributed by atoms with Gasteiger partial charge in [0.1, 0.15) is 0 Å². The molecule has 0 unspecified atom stereocenters. The van der Waals surface area contributed by atoms with Crippen molar-refractivity contribution in [3.05, 3.63) is 313 Å². The maximum atomic E-state index is 2.51. The summed E-state index contributed by atoms with van der Waals surface area (Å²) in [5.74, 6) is 0. The highest BCUT2D eigenvalue weighted by atomic mass is 15.1. The molecule has 13 aromatic rings. The quantitative estimate of drug-likeness (QED) is 0.147. The van der Waals surface area contributed by atoms with Gasteiger partial charge in [0.2, 0.25) is 0 Å². The van der Waals surface area contributed by atoms with Crippen molar-refractivity contribution in [3.8, 4) is 72.4 Å². The van der Waals surface area contributed by atoms with E-state index in [1.807, 2.05) is 0 Å². The van der Waals surface area contributed by atoms with Crippen LogP contribution in [0.3, 0.4) is 0 Å². The van der Waals surface area contributed by atoms with E-state index in [4.69, 9.17) is 0 Å². The second-order valence-corrected chi connectivity index (χ2v) is 19.9. The fraction of sp³-hybridized carbons (Fsp3) is 0.0137.